The highest BCUT2D eigenvalue weighted by atomic mass is 31.3. The minimum Gasteiger partial charge on any atom is -0.394 e. The number of aldehydes is 1. The standard InChI is InChI=1S/C16H21O7P3.C15H19O8P3.C14H20O2.C13H18O3.C13H16O3.C12H16O4.C5H13O10P6/c1-12-14(8-9-26(19,10-21-24-17)11-22-25-18)23-16(15(12)20-2)13-6-4-3-5-7-13;1-20-15-13(16)12(23-14(15)11-5-3-2-4-6-11)7-8-26(19,9-21-24-17)10-22-25-18;1-4-12-10(2)13(15-3)14(16-12)11-8-6-5-7-9-11;2*1-9-11(8-14)16-13(12(9)15-2)10-6-4-3-5-7-10;1-15-12-10(14)9(7-13)16-11(12)8-5-3-2-4-6-8;1-17(7)13-20(10,4-12-16-6)5-21(11,14-18(2)8)15-19(3)9/h3-9,12,14-16H,10-11H2,1-2H3;2-8,12-16H,9-10H2,1H3;5-10,12-14H,4H2,1-3H3;3-7,9,11-14H,8H2,1-2H3;3-9,11-13H,1-2H3;2-6,9-14H,7H2,1H3;4-5H2,1-3H3/q;;;;;;+3/b9-8+;8-7+;;;;;/t12-,14-,15-,16+;12-,13-,14+,15-;10-,12-,13-,14+;2*9-,11-,12-,13+;9-,10-,11+,12-;/m111111./s1. The van der Waals surface area contributed by atoms with Crippen molar-refractivity contribution in [3.63, 3.8) is 0 Å². The van der Waals surface area contributed by atoms with E-state index in [4.69, 9.17) is 71.0 Å². The van der Waals surface area contributed by atoms with Gasteiger partial charge in [-0.3, -0.25) is 31.7 Å². The van der Waals surface area contributed by atoms with E-state index in [9.17, 15) is 74.9 Å². The van der Waals surface area contributed by atoms with Crippen LogP contribution in [0, 0.1) is 23.7 Å². The van der Waals surface area contributed by atoms with Crippen LogP contribution >= 0.6 is 96.8 Å². The highest BCUT2D eigenvalue weighted by molar-refractivity contribution is 7.80. The predicted molar refractivity (Wildman–Crippen MR) is 514 cm³/mol. The number of ether oxygens (including phenoxy) is 12. The number of carbonyl (C=O) groups excluding carboxylic acids is 1. The predicted octanol–water partition coefficient (Wildman–Crippen LogP) is 20.9. The molecule has 4 N–H and O–H groups in total. The highest BCUT2D eigenvalue weighted by Crippen LogP contribution is 2.71. The van der Waals surface area contributed by atoms with Gasteiger partial charge in [0.1, 0.15) is 123 Å². The maximum atomic E-state index is 12.8. The molecule has 49 heteroatoms. The van der Waals surface area contributed by atoms with E-state index in [1.54, 1.807) is 34.5 Å². The number of hydrogen-bond acceptors (Lipinski definition) is 37. The van der Waals surface area contributed by atoms with Gasteiger partial charge in [0.2, 0.25) is 0 Å². The summed E-state index contributed by atoms with van der Waals surface area (Å²) in [5.74, 6) is 2.58. The van der Waals surface area contributed by atoms with Gasteiger partial charge in [-0.25, -0.2) is 22.8 Å². The molecule has 0 aliphatic carbocycles. The lowest BCUT2D eigenvalue weighted by Gasteiger charge is -2.19. The molecule has 0 amide bonds. The van der Waals surface area contributed by atoms with E-state index in [2.05, 4.69) is 71.5 Å². The topological polar surface area (TPSA) is 487 Å². The van der Waals surface area contributed by atoms with Gasteiger partial charge in [0.15, 0.2) is 34.3 Å². The van der Waals surface area contributed by atoms with Gasteiger partial charge in [-0.1, -0.05) is 236 Å². The van der Waals surface area contributed by atoms with Crippen molar-refractivity contribution in [1.82, 2.24) is 0 Å². The smallest absolute Gasteiger partial charge is 0.394 e. The Kier molecular flexibility index (Phi) is 56.0. The Balaban J connectivity index is 0.000000248. The van der Waals surface area contributed by atoms with Crippen LogP contribution in [0.3, 0.4) is 0 Å². The van der Waals surface area contributed by atoms with Crippen molar-refractivity contribution >= 4 is 103 Å². The molecule has 0 radical (unpaired) electrons. The maximum absolute atomic E-state index is 12.8. The Hall–Kier alpha value is -4.77. The molecule has 6 heterocycles. The molecular weight excluding hydrogens is 2020 g/mol. The Morgan fingerprint density at radius 2 is 0.613 bits per heavy atom. The molecule has 28 atom stereocenters. The molecule has 0 spiro atoms. The van der Waals surface area contributed by atoms with Crippen LogP contribution in [0.5, 0.6) is 0 Å². The molecule has 12 rings (SSSR count). The van der Waals surface area contributed by atoms with Gasteiger partial charge in [-0.15, -0.1) is 0 Å². The third-order valence-corrected chi connectivity index (χ3v) is 37.9. The average molecular weight is 2140 g/mol. The van der Waals surface area contributed by atoms with E-state index < -0.39 is 152 Å². The van der Waals surface area contributed by atoms with Crippen LogP contribution < -0.4 is 0 Å². The normalized spacial score (nSPS) is 29.8. The van der Waals surface area contributed by atoms with Crippen LogP contribution in [-0.4, -0.2) is 226 Å². The van der Waals surface area contributed by atoms with E-state index in [1.165, 1.54) is 37.5 Å². The van der Waals surface area contributed by atoms with Gasteiger partial charge < -0.3 is 91.2 Å². The summed E-state index contributed by atoms with van der Waals surface area (Å²) in [6.45, 7) is 13.5. The van der Waals surface area contributed by atoms with Crippen LogP contribution in [0.2, 0.25) is 0 Å². The number of benzene rings is 6. The molecule has 137 heavy (non-hydrogen) atoms. The number of methoxy groups -OCH3 is 6. The molecule has 6 aliphatic heterocycles. The molecule has 4 unspecified atom stereocenters. The largest absolute Gasteiger partial charge is 0.513 e. The number of aliphatic hydroxyl groups is 4. The number of carbonyl (C=O) groups is 1. The molecular formula is C88H123O37P12+3. The van der Waals surface area contributed by atoms with Gasteiger partial charge in [0.25, 0.3) is 7.37 Å². The second-order valence-corrected chi connectivity index (χ2v) is 48.0. The fourth-order valence-electron chi connectivity index (χ4n) is 15.9. The molecule has 0 aromatic heterocycles. The molecule has 6 aromatic carbocycles. The molecule has 6 saturated heterocycles. The molecule has 754 valence electrons. The van der Waals surface area contributed by atoms with E-state index >= 15 is 0 Å². The summed E-state index contributed by atoms with van der Waals surface area (Å²) in [6, 6.07) is 58.9. The molecule has 0 bridgehead atoms. The zero-order chi connectivity index (χ0) is 101. The van der Waals surface area contributed by atoms with Crippen molar-refractivity contribution in [1.29, 1.82) is 0 Å². The average Bonchev–Trinajstić information content (AvgIpc) is 1.71. The van der Waals surface area contributed by atoms with E-state index in [1.807, 2.05) is 172 Å². The monoisotopic (exact) mass is 2140 g/mol. The lowest BCUT2D eigenvalue weighted by atomic mass is 9.94. The van der Waals surface area contributed by atoms with Crippen molar-refractivity contribution in [2.24, 2.45) is 23.7 Å². The van der Waals surface area contributed by atoms with Gasteiger partial charge in [-0.05, 0) is 71.2 Å². The zero-order valence-electron chi connectivity index (χ0n) is 78.1. The van der Waals surface area contributed by atoms with Crippen molar-refractivity contribution in [2.75, 3.05) is 114 Å². The fraction of sp³-hybridized carbons (Fsp3) is 0.534. The second-order valence-electron chi connectivity index (χ2n) is 31.7. The number of hydrogen-bond donors (Lipinski definition) is 4. The van der Waals surface area contributed by atoms with Crippen LogP contribution in [-0.2, 0) is 152 Å². The first-order chi connectivity index (χ1) is 65.7. The van der Waals surface area contributed by atoms with Crippen LogP contribution in [0.15, 0.2) is 206 Å². The van der Waals surface area contributed by atoms with Gasteiger partial charge >= 0.3 is 75.1 Å². The van der Waals surface area contributed by atoms with Crippen molar-refractivity contribution in [2.45, 2.75) is 163 Å². The summed E-state index contributed by atoms with van der Waals surface area (Å²) >= 11 is 0. The summed E-state index contributed by atoms with van der Waals surface area (Å²) in [6.07, 6.45) is -2.86. The van der Waals surface area contributed by atoms with Crippen LogP contribution in [0.1, 0.15) is 111 Å². The van der Waals surface area contributed by atoms with Gasteiger partial charge in [0, 0.05) is 66.3 Å². The minimum atomic E-state index is -4.32. The summed E-state index contributed by atoms with van der Waals surface area (Å²) < 4.78 is 241. The lowest BCUT2D eigenvalue weighted by molar-refractivity contribution is -0.118. The molecule has 6 fully saturated rings. The summed E-state index contributed by atoms with van der Waals surface area (Å²) in [7, 11) is -15.3. The number of rotatable bonds is 43. The van der Waals surface area contributed by atoms with E-state index in [0.717, 1.165) is 60.5 Å². The third-order valence-electron chi connectivity index (χ3n) is 22.5. The third kappa shape index (κ3) is 37.7. The number of aliphatic hydroxyl groups excluding tert-OH is 4. The van der Waals surface area contributed by atoms with Crippen molar-refractivity contribution in [3.8, 4) is 0 Å². The van der Waals surface area contributed by atoms with E-state index in [0.29, 0.717) is 12.0 Å². The quantitative estimate of drug-likeness (QED) is 0.0204. The fourth-order valence-corrected chi connectivity index (χ4v) is 31.6. The minimum absolute atomic E-state index is 0.0135. The van der Waals surface area contributed by atoms with Gasteiger partial charge in [-0.2, -0.15) is 0 Å². The highest BCUT2D eigenvalue weighted by Gasteiger charge is 2.53. The summed E-state index contributed by atoms with van der Waals surface area (Å²) in [5.41, 5.74) is 6.19. The Morgan fingerprint density at radius 3 is 0.927 bits per heavy atom. The molecule has 37 nitrogen and oxygen atoms in total. The SMILES string of the molecule is CC[C@H]1O[C@@H](c2ccccc2)[C@H](OC)[C@@H]1C.CO[C@@H]1[C@H](C)[C@@H](/C=C/P(=O)(COP=O)COP=O)O[C@H]1c1ccccc1.CO[C@@H]1[C@H](C)[C@@H](C=O)O[C@H]1c1ccccc1.CO[C@@H]1[C@H](C)[C@@H](CO)O[C@H]1c1ccccc1.CO[C@@H]1[C@H](O)[C@@H](/C=C/P(=O)(COP=O)COP=O)O[C@H]1c1ccccc1.CO[C@@H]1[C@H](O)[C@@H](CO)O[C@H]1c1ccccc1.C[P+](=O)OP(=O)(COP=O)CP(=O)(O[P+](C)=O)O[P+](C)=O. The van der Waals surface area contributed by atoms with Gasteiger partial charge in [0.05, 0.1) is 55.9 Å². The van der Waals surface area contributed by atoms with Crippen molar-refractivity contribution in [3.05, 3.63) is 239 Å². The Labute approximate surface area is 810 Å². The molecule has 0 saturated carbocycles. The molecule has 6 aromatic rings. The zero-order valence-corrected chi connectivity index (χ0v) is 88.8. The maximum Gasteiger partial charge on any atom is 0.513 e. The first kappa shape index (κ1) is 121. The Morgan fingerprint density at radius 1 is 0.350 bits per heavy atom. The van der Waals surface area contributed by atoms with Crippen molar-refractivity contribution < 1.29 is 172 Å². The van der Waals surface area contributed by atoms with Crippen LogP contribution in [0.4, 0.5) is 0 Å². The summed E-state index contributed by atoms with van der Waals surface area (Å²) in [5, 5.41) is 38.7. The van der Waals surface area contributed by atoms with Crippen LogP contribution in [0.25, 0.3) is 0 Å². The van der Waals surface area contributed by atoms with E-state index in [-0.39, 0.29) is 130 Å². The molecule has 6 aliphatic rings. The Bertz CT molecular complexity index is 4540. The lowest BCUT2D eigenvalue weighted by Crippen LogP contribution is -2.33. The second kappa shape index (κ2) is 63.5. The first-order valence-corrected chi connectivity index (χ1v) is 59.4. The summed E-state index contributed by atoms with van der Waals surface area (Å²) in [4.78, 5) is 10.9. The first-order valence-electron chi connectivity index (χ1n) is 42.9.